The van der Waals surface area contributed by atoms with E-state index in [1.807, 2.05) is 4.72 Å². The van der Waals surface area contributed by atoms with Crippen molar-refractivity contribution in [3.05, 3.63) is 30.6 Å². The normalized spacial score (nSPS) is 15.8. The van der Waals surface area contributed by atoms with Gasteiger partial charge in [-0.15, -0.1) is 0 Å². The van der Waals surface area contributed by atoms with Gasteiger partial charge in [0.1, 0.15) is 12.3 Å². The molecule has 3 rings (SSSR count). The molecule has 2 aromatic rings. The number of hydrogen-bond acceptors (Lipinski definition) is 6. The minimum Gasteiger partial charge on any atom is -0.506 e. The third-order valence-corrected chi connectivity index (χ3v) is 5.10. The average molecular weight is 361 g/mol. The van der Waals surface area contributed by atoms with E-state index >= 15 is 0 Å². The Morgan fingerprint density at radius 3 is 2.84 bits per heavy atom. The molecule has 25 heavy (non-hydrogen) atoms. The van der Waals surface area contributed by atoms with Gasteiger partial charge < -0.3 is 5.11 Å². The van der Waals surface area contributed by atoms with Crippen LogP contribution in [0.3, 0.4) is 0 Å². The summed E-state index contributed by atoms with van der Waals surface area (Å²) in [6.45, 7) is 0.212. The van der Waals surface area contributed by atoms with Crippen LogP contribution in [0, 0.1) is 11.3 Å². The number of nitriles is 1. The fourth-order valence-corrected chi connectivity index (χ4v) is 3.67. The molecule has 1 aromatic carbocycles. The molecule has 1 aliphatic rings. The Kier molecular flexibility index (Phi) is 4.33. The van der Waals surface area contributed by atoms with E-state index in [1.165, 1.54) is 12.1 Å². The van der Waals surface area contributed by atoms with E-state index in [2.05, 4.69) is 11.2 Å². The van der Waals surface area contributed by atoms with Crippen LogP contribution in [0.4, 0.5) is 5.69 Å². The molecule has 2 heterocycles. The smallest absolute Gasteiger partial charge is 0.326 e. The Labute approximate surface area is 144 Å². The van der Waals surface area contributed by atoms with Gasteiger partial charge in [0.25, 0.3) is 5.91 Å². The summed E-state index contributed by atoms with van der Waals surface area (Å²) in [5, 5.41) is 22.8. The van der Waals surface area contributed by atoms with E-state index in [0.717, 1.165) is 9.87 Å². The molecular weight excluding hydrogens is 346 g/mol. The molecule has 1 aromatic heterocycles. The molecule has 0 bridgehead atoms. The van der Waals surface area contributed by atoms with Crippen molar-refractivity contribution >= 4 is 21.8 Å². The van der Waals surface area contributed by atoms with Gasteiger partial charge in [0.15, 0.2) is 0 Å². The number of anilines is 1. The molecule has 9 nitrogen and oxygen atoms in total. The van der Waals surface area contributed by atoms with Crippen molar-refractivity contribution in [2.45, 2.75) is 19.4 Å². The van der Waals surface area contributed by atoms with Crippen molar-refractivity contribution in [2.24, 2.45) is 0 Å². The molecule has 1 saturated heterocycles. The Bertz CT molecular complexity index is 961. The van der Waals surface area contributed by atoms with E-state index in [1.54, 1.807) is 23.1 Å². The molecule has 0 radical (unpaired) electrons. The van der Waals surface area contributed by atoms with Crippen LogP contribution >= 0.6 is 0 Å². The van der Waals surface area contributed by atoms with Crippen molar-refractivity contribution in [1.82, 2.24) is 14.5 Å². The first-order chi connectivity index (χ1) is 11.9. The molecule has 0 atom stereocenters. The lowest BCUT2D eigenvalue weighted by atomic mass is 10.1. The van der Waals surface area contributed by atoms with Crippen LogP contribution < -0.4 is 9.03 Å². The number of nitrogens with zero attached hydrogens (tertiary/aromatic N) is 4. The molecule has 0 unspecified atom stereocenters. The summed E-state index contributed by atoms with van der Waals surface area (Å²) in [5.41, 5.74) is 1.40. The van der Waals surface area contributed by atoms with Crippen molar-refractivity contribution in [2.75, 3.05) is 10.8 Å². The van der Waals surface area contributed by atoms with Gasteiger partial charge in [0.2, 0.25) is 0 Å². The van der Waals surface area contributed by atoms with Gasteiger partial charge >= 0.3 is 10.2 Å². The minimum absolute atomic E-state index is 0.0214. The maximum Gasteiger partial charge on any atom is 0.326 e. The van der Waals surface area contributed by atoms with Gasteiger partial charge in [-0.3, -0.25) is 9.48 Å². The van der Waals surface area contributed by atoms with Crippen molar-refractivity contribution in [3.8, 4) is 22.9 Å². The number of hydrogen-bond donors (Lipinski definition) is 2. The number of aromatic nitrogens is 2. The Morgan fingerprint density at radius 2 is 2.16 bits per heavy atom. The summed E-state index contributed by atoms with van der Waals surface area (Å²) in [4.78, 5) is 11.4. The quantitative estimate of drug-likeness (QED) is 0.756. The molecule has 2 N–H and O–H groups in total. The molecule has 1 fully saturated rings. The second kappa shape index (κ2) is 6.45. The van der Waals surface area contributed by atoms with Crippen LogP contribution in [-0.2, 0) is 21.5 Å². The molecule has 0 spiro atoms. The number of phenols is 1. The number of rotatable bonds is 5. The molecule has 130 valence electrons. The maximum absolute atomic E-state index is 12.0. The highest BCUT2D eigenvalue weighted by Crippen LogP contribution is 2.34. The molecule has 0 saturated carbocycles. The summed E-state index contributed by atoms with van der Waals surface area (Å²) in [6.07, 6.45) is 4.50. The summed E-state index contributed by atoms with van der Waals surface area (Å²) >= 11 is 0. The van der Waals surface area contributed by atoms with Gasteiger partial charge in [-0.05, 0) is 24.1 Å². The zero-order valence-corrected chi connectivity index (χ0v) is 13.9. The van der Waals surface area contributed by atoms with Gasteiger partial charge in [-0.25, -0.2) is 9.03 Å². The van der Waals surface area contributed by atoms with E-state index in [9.17, 15) is 18.3 Å². The summed E-state index contributed by atoms with van der Waals surface area (Å²) in [6, 6.07) is 6.56. The van der Waals surface area contributed by atoms with Crippen LogP contribution in [0.15, 0.2) is 30.6 Å². The van der Waals surface area contributed by atoms with Gasteiger partial charge in [0, 0.05) is 24.7 Å². The number of benzene rings is 1. The van der Waals surface area contributed by atoms with Crippen molar-refractivity contribution < 1.29 is 18.3 Å². The summed E-state index contributed by atoms with van der Waals surface area (Å²) < 4.78 is 28.3. The van der Waals surface area contributed by atoms with Gasteiger partial charge in [0.05, 0.1) is 18.0 Å². The number of aromatic hydroxyl groups is 1. The molecule has 0 aliphatic carbocycles. The molecular formula is C15H15N5O4S. The largest absolute Gasteiger partial charge is 0.506 e. The third-order valence-electron chi connectivity index (χ3n) is 3.71. The fraction of sp³-hybridized carbons (Fsp3) is 0.267. The van der Waals surface area contributed by atoms with Gasteiger partial charge in [-0.1, -0.05) is 6.07 Å². The number of unbranched alkanes of at least 4 members (excludes halogenated alkanes) is 1. The van der Waals surface area contributed by atoms with Gasteiger partial charge in [-0.2, -0.15) is 18.8 Å². The highest BCUT2D eigenvalue weighted by molar-refractivity contribution is 7.92. The van der Waals surface area contributed by atoms with E-state index in [4.69, 9.17) is 5.26 Å². The third kappa shape index (κ3) is 3.41. The van der Waals surface area contributed by atoms with Crippen molar-refractivity contribution in [3.63, 3.8) is 0 Å². The SMILES string of the molecule is N#CCCCn1cc(-c2ccc(O)c(N3CC(=O)NS3(=O)=O)c2)cn1. The lowest BCUT2D eigenvalue weighted by Crippen LogP contribution is -2.29. The number of aryl methyl sites for hydroxylation is 1. The molecule has 10 heteroatoms. The average Bonchev–Trinajstić information content (AvgIpc) is 3.12. The first-order valence-corrected chi connectivity index (χ1v) is 8.91. The summed E-state index contributed by atoms with van der Waals surface area (Å²) in [7, 11) is -4.00. The van der Waals surface area contributed by atoms with Crippen LogP contribution in [0.5, 0.6) is 5.75 Å². The lowest BCUT2D eigenvalue weighted by Gasteiger charge is -2.16. The van der Waals surface area contributed by atoms with Crippen LogP contribution in [0.2, 0.25) is 0 Å². The highest BCUT2D eigenvalue weighted by Gasteiger charge is 2.35. The van der Waals surface area contributed by atoms with E-state index in [-0.39, 0.29) is 18.0 Å². The number of phenolic OH excluding ortho intramolecular Hbond substituents is 1. The highest BCUT2D eigenvalue weighted by atomic mass is 32.2. The predicted molar refractivity (Wildman–Crippen MR) is 88.6 cm³/mol. The Morgan fingerprint density at radius 1 is 1.36 bits per heavy atom. The topological polar surface area (TPSA) is 128 Å². The second-order valence-corrected chi connectivity index (χ2v) is 7.09. The van der Waals surface area contributed by atoms with Crippen molar-refractivity contribution in [1.29, 1.82) is 5.26 Å². The Balaban J connectivity index is 1.90. The molecule has 1 aliphatic heterocycles. The first-order valence-electron chi connectivity index (χ1n) is 7.47. The zero-order valence-electron chi connectivity index (χ0n) is 13.1. The fourth-order valence-electron chi connectivity index (χ4n) is 2.52. The monoisotopic (exact) mass is 361 g/mol. The van der Waals surface area contributed by atoms with E-state index < -0.39 is 16.1 Å². The number of carbonyl (C=O) groups is 1. The summed E-state index contributed by atoms with van der Waals surface area (Å²) in [5.74, 6) is -0.902. The number of carbonyl (C=O) groups excluding carboxylic acids is 1. The zero-order chi connectivity index (χ0) is 18.0. The maximum atomic E-state index is 12.0. The number of nitrogens with one attached hydrogen (secondary N) is 1. The van der Waals surface area contributed by atoms with Crippen LogP contribution in [-0.4, -0.2) is 35.8 Å². The minimum atomic E-state index is -4.00. The Hall–Kier alpha value is -3.06. The van der Waals surface area contributed by atoms with E-state index in [0.29, 0.717) is 24.9 Å². The predicted octanol–water partition coefficient (Wildman–Crippen LogP) is 0.740. The number of amides is 1. The van der Waals surface area contributed by atoms with Crippen LogP contribution in [0.1, 0.15) is 12.8 Å². The standard InChI is InChI=1S/C15H15N5O4S/c16-5-1-2-6-19-9-12(8-17-19)11-3-4-14(21)13(7-11)20-10-15(22)18-25(20,23)24/h3-4,7-9,21H,1-2,6,10H2,(H,18,22). The molecule has 1 amide bonds. The van der Waals surface area contributed by atoms with Crippen LogP contribution in [0.25, 0.3) is 11.1 Å². The second-order valence-electron chi connectivity index (χ2n) is 5.49. The lowest BCUT2D eigenvalue weighted by molar-refractivity contribution is -0.117. The first kappa shape index (κ1) is 16.8.